The number of hydrogen-bond donors (Lipinski definition) is 2. The van der Waals surface area contributed by atoms with Crippen LogP contribution in [-0.2, 0) is 6.54 Å². The van der Waals surface area contributed by atoms with E-state index < -0.39 is 0 Å². The van der Waals surface area contributed by atoms with Crippen molar-refractivity contribution in [3.8, 4) is 0 Å². The summed E-state index contributed by atoms with van der Waals surface area (Å²) in [5.74, 6) is 0.502. The molecule has 150 valence electrons. The standard InChI is InChI=1S/C24H24FN3.ClH/c1-16-6-3-9-19(12-16)22-23(20-10-4-7-17(2)13-20)28-24(27-22)26-15-18-8-5-11-21(25)14-18;/h3-14,22-23H,15H2,1-2H3,(H2,26,27,28);1H. The lowest BCUT2D eigenvalue weighted by molar-refractivity contribution is 0.553. The zero-order valence-electron chi connectivity index (χ0n) is 16.5. The molecule has 0 aromatic heterocycles. The third-order valence-electron chi connectivity index (χ3n) is 5.03. The Hall–Kier alpha value is -2.85. The molecule has 2 atom stereocenters. The van der Waals surface area contributed by atoms with Gasteiger partial charge in [0.15, 0.2) is 5.96 Å². The van der Waals surface area contributed by atoms with E-state index >= 15 is 0 Å². The van der Waals surface area contributed by atoms with Gasteiger partial charge < -0.3 is 10.6 Å². The van der Waals surface area contributed by atoms with Crippen molar-refractivity contribution in [3.63, 3.8) is 0 Å². The van der Waals surface area contributed by atoms with Crippen molar-refractivity contribution in [2.45, 2.75) is 32.5 Å². The molecule has 1 aliphatic rings. The van der Waals surface area contributed by atoms with E-state index in [1.54, 1.807) is 6.07 Å². The number of nitrogens with one attached hydrogen (secondary N) is 2. The van der Waals surface area contributed by atoms with Crippen molar-refractivity contribution in [1.29, 1.82) is 0 Å². The summed E-state index contributed by atoms with van der Waals surface area (Å²) >= 11 is 0. The van der Waals surface area contributed by atoms with Crippen molar-refractivity contribution in [1.82, 2.24) is 10.6 Å². The SMILES string of the molecule is Cc1cccc(C2NC(=NCc3cccc(F)c3)NC2c2cccc(C)c2)c1.Cl. The third kappa shape index (κ3) is 4.96. The van der Waals surface area contributed by atoms with Crippen molar-refractivity contribution < 1.29 is 4.39 Å². The molecule has 2 N–H and O–H groups in total. The van der Waals surface area contributed by atoms with Gasteiger partial charge in [-0.3, -0.25) is 0 Å². The Balaban J connectivity index is 0.00000240. The molecule has 3 aromatic carbocycles. The first-order chi connectivity index (χ1) is 13.6. The Bertz CT molecular complexity index is 963. The summed E-state index contributed by atoms with van der Waals surface area (Å²) in [7, 11) is 0. The van der Waals surface area contributed by atoms with E-state index in [4.69, 9.17) is 0 Å². The summed E-state index contributed by atoms with van der Waals surface area (Å²) in [6.45, 7) is 4.63. The Kier molecular flexibility index (Phi) is 6.55. The van der Waals surface area contributed by atoms with Crippen molar-refractivity contribution >= 4 is 18.4 Å². The van der Waals surface area contributed by atoms with Gasteiger partial charge in [-0.05, 0) is 42.7 Å². The van der Waals surface area contributed by atoms with E-state index in [0.717, 1.165) is 11.5 Å². The number of guanidine groups is 1. The number of halogens is 2. The summed E-state index contributed by atoms with van der Waals surface area (Å²) in [4.78, 5) is 4.66. The Morgan fingerprint density at radius 3 is 1.86 bits per heavy atom. The molecule has 1 heterocycles. The predicted molar refractivity (Wildman–Crippen MR) is 119 cm³/mol. The first kappa shape index (κ1) is 20.9. The van der Waals surface area contributed by atoms with Crippen LogP contribution in [0.5, 0.6) is 0 Å². The summed E-state index contributed by atoms with van der Waals surface area (Å²) in [6.07, 6.45) is 0. The van der Waals surface area contributed by atoms with Crippen LogP contribution in [0.3, 0.4) is 0 Å². The zero-order valence-corrected chi connectivity index (χ0v) is 17.3. The molecule has 5 heteroatoms. The van der Waals surface area contributed by atoms with Crippen molar-refractivity contribution in [2.75, 3.05) is 0 Å². The van der Waals surface area contributed by atoms with E-state index in [0.29, 0.717) is 6.54 Å². The van der Waals surface area contributed by atoms with E-state index in [-0.39, 0.29) is 30.3 Å². The minimum absolute atomic E-state index is 0. The maximum atomic E-state index is 13.4. The highest BCUT2D eigenvalue weighted by Gasteiger charge is 2.32. The second-order valence-corrected chi connectivity index (χ2v) is 7.37. The topological polar surface area (TPSA) is 36.4 Å². The summed E-state index contributed by atoms with van der Waals surface area (Å²) < 4.78 is 13.4. The average molecular weight is 410 g/mol. The molecule has 1 fully saturated rings. The monoisotopic (exact) mass is 409 g/mol. The van der Waals surface area contributed by atoms with Crippen LogP contribution in [0, 0.1) is 19.7 Å². The Labute approximate surface area is 177 Å². The molecule has 0 aliphatic carbocycles. The molecule has 0 saturated carbocycles. The first-order valence-electron chi connectivity index (χ1n) is 9.53. The maximum Gasteiger partial charge on any atom is 0.192 e. The molecule has 0 amide bonds. The molecular formula is C24H25ClFN3. The molecule has 0 spiro atoms. The van der Waals surface area contributed by atoms with E-state index in [9.17, 15) is 4.39 Å². The number of nitrogens with zero attached hydrogens (tertiary/aromatic N) is 1. The third-order valence-corrected chi connectivity index (χ3v) is 5.03. The number of rotatable bonds is 4. The van der Waals surface area contributed by atoms with E-state index in [1.165, 1.54) is 34.4 Å². The largest absolute Gasteiger partial charge is 0.347 e. The van der Waals surface area contributed by atoms with Gasteiger partial charge in [-0.15, -0.1) is 12.4 Å². The molecule has 1 aliphatic heterocycles. The van der Waals surface area contributed by atoms with Crippen LogP contribution in [-0.4, -0.2) is 5.96 Å². The molecule has 3 nitrogen and oxygen atoms in total. The van der Waals surface area contributed by atoms with Crippen molar-refractivity contribution in [3.05, 3.63) is 106 Å². The van der Waals surface area contributed by atoms with Gasteiger partial charge in [0.25, 0.3) is 0 Å². The van der Waals surface area contributed by atoms with Crippen molar-refractivity contribution in [2.24, 2.45) is 4.99 Å². The fourth-order valence-corrected chi connectivity index (χ4v) is 3.68. The minimum atomic E-state index is -0.236. The smallest absolute Gasteiger partial charge is 0.192 e. The quantitative estimate of drug-likeness (QED) is 0.605. The fourth-order valence-electron chi connectivity index (χ4n) is 3.68. The maximum absolute atomic E-state index is 13.4. The van der Waals surface area contributed by atoms with Crippen LogP contribution < -0.4 is 10.6 Å². The number of aliphatic imine (C=N–C) groups is 1. The lowest BCUT2D eigenvalue weighted by Crippen LogP contribution is -2.25. The molecule has 0 bridgehead atoms. The average Bonchev–Trinajstić information content (AvgIpc) is 3.11. The van der Waals surface area contributed by atoms with E-state index in [2.05, 4.69) is 78.0 Å². The number of hydrogen-bond acceptors (Lipinski definition) is 1. The lowest BCUT2D eigenvalue weighted by Gasteiger charge is -2.20. The van der Waals surface area contributed by atoms with Crippen LogP contribution in [0.1, 0.15) is 39.9 Å². The number of benzene rings is 3. The summed E-state index contributed by atoms with van der Waals surface area (Å²) in [6, 6.07) is 23.8. The highest BCUT2D eigenvalue weighted by atomic mass is 35.5. The fraction of sp³-hybridized carbons (Fsp3) is 0.208. The molecular weight excluding hydrogens is 385 g/mol. The summed E-state index contributed by atoms with van der Waals surface area (Å²) in [5, 5.41) is 7.07. The molecule has 1 saturated heterocycles. The molecule has 4 rings (SSSR count). The van der Waals surface area contributed by atoms with Crippen LogP contribution in [0.4, 0.5) is 4.39 Å². The molecule has 29 heavy (non-hydrogen) atoms. The molecule has 2 unspecified atom stereocenters. The highest BCUT2D eigenvalue weighted by molar-refractivity contribution is 5.85. The van der Waals surface area contributed by atoms with Gasteiger partial charge in [0, 0.05) is 0 Å². The first-order valence-corrected chi connectivity index (χ1v) is 9.53. The van der Waals surface area contributed by atoms with Gasteiger partial charge in [0.1, 0.15) is 5.82 Å². The Morgan fingerprint density at radius 1 is 0.793 bits per heavy atom. The van der Waals surface area contributed by atoms with Crippen LogP contribution in [0.15, 0.2) is 77.8 Å². The normalized spacial score (nSPS) is 17.8. The van der Waals surface area contributed by atoms with Gasteiger partial charge in [0.05, 0.1) is 18.6 Å². The number of aryl methyl sites for hydroxylation is 2. The van der Waals surface area contributed by atoms with Crippen LogP contribution in [0.2, 0.25) is 0 Å². The van der Waals surface area contributed by atoms with Gasteiger partial charge in [-0.2, -0.15) is 0 Å². The predicted octanol–water partition coefficient (Wildman–Crippen LogP) is 5.40. The van der Waals surface area contributed by atoms with Gasteiger partial charge in [-0.25, -0.2) is 9.38 Å². The second kappa shape index (κ2) is 9.10. The zero-order chi connectivity index (χ0) is 19.5. The Morgan fingerprint density at radius 2 is 1.34 bits per heavy atom. The summed E-state index contributed by atoms with van der Waals surface area (Å²) in [5.41, 5.74) is 5.74. The lowest BCUT2D eigenvalue weighted by atomic mass is 9.93. The minimum Gasteiger partial charge on any atom is -0.347 e. The van der Waals surface area contributed by atoms with Gasteiger partial charge in [0.2, 0.25) is 0 Å². The second-order valence-electron chi connectivity index (χ2n) is 7.37. The molecule has 0 radical (unpaired) electrons. The molecule has 3 aromatic rings. The van der Waals surface area contributed by atoms with Crippen LogP contribution in [0.25, 0.3) is 0 Å². The van der Waals surface area contributed by atoms with Gasteiger partial charge in [-0.1, -0.05) is 71.8 Å². The van der Waals surface area contributed by atoms with Gasteiger partial charge >= 0.3 is 0 Å². The highest BCUT2D eigenvalue weighted by Crippen LogP contribution is 2.33. The van der Waals surface area contributed by atoms with E-state index in [1.807, 2.05) is 6.07 Å². The van der Waals surface area contributed by atoms with Crippen LogP contribution >= 0.6 is 12.4 Å².